The Morgan fingerprint density at radius 2 is 1.70 bits per heavy atom. The first kappa shape index (κ1) is 31.5. The maximum absolute atomic E-state index is 14.2. The fourth-order valence-corrected chi connectivity index (χ4v) is 6.68. The van der Waals surface area contributed by atoms with Crippen LogP contribution in [0.1, 0.15) is 44.6 Å². The summed E-state index contributed by atoms with van der Waals surface area (Å²) >= 11 is 0. The number of sulfonamides is 1. The molecule has 0 bridgehead atoms. The van der Waals surface area contributed by atoms with Crippen LogP contribution in [0.2, 0.25) is 0 Å². The van der Waals surface area contributed by atoms with Crippen LogP contribution in [-0.2, 0) is 26.2 Å². The highest BCUT2D eigenvalue weighted by atomic mass is 32.2. The van der Waals surface area contributed by atoms with Crippen molar-refractivity contribution in [2.45, 2.75) is 62.6 Å². The van der Waals surface area contributed by atoms with E-state index >= 15 is 0 Å². The van der Waals surface area contributed by atoms with Gasteiger partial charge in [-0.1, -0.05) is 50.1 Å². The predicted octanol–water partition coefficient (Wildman–Crippen LogP) is 4.66. The van der Waals surface area contributed by atoms with Gasteiger partial charge in [-0.15, -0.1) is 0 Å². The second-order valence-corrected chi connectivity index (χ2v) is 12.2. The van der Waals surface area contributed by atoms with Crippen molar-refractivity contribution in [3.05, 3.63) is 94.5 Å². The number of anilines is 1. The number of nitro benzene ring substituents is 1. The zero-order chi connectivity index (χ0) is 31.0. The first-order valence-corrected chi connectivity index (χ1v) is 15.6. The summed E-state index contributed by atoms with van der Waals surface area (Å²) in [6.07, 6.45) is 4.09. The lowest BCUT2D eigenvalue weighted by molar-refractivity contribution is -0.384. The average Bonchev–Trinajstić information content (AvgIpc) is 3.53. The molecule has 0 radical (unpaired) electrons. The summed E-state index contributed by atoms with van der Waals surface area (Å²) in [6.45, 7) is 1.21. The largest absolute Gasteiger partial charge is 0.497 e. The lowest BCUT2D eigenvalue weighted by Gasteiger charge is -2.33. The van der Waals surface area contributed by atoms with Crippen molar-refractivity contribution < 1.29 is 27.7 Å². The highest BCUT2D eigenvalue weighted by Crippen LogP contribution is 2.27. The van der Waals surface area contributed by atoms with Gasteiger partial charge in [-0.05, 0) is 61.2 Å². The molecule has 0 aromatic heterocycles. The molecule has 3 aromatic rings. The van der Waals surface area contributed by atoms with E-state index in [9.17, 15) is 28.1 Å². The number of carbonyl (C=O) groups excluding carboxylic acids is 2. The summed E-state index contributed by atoms with van der Waals surface area (Å²) in [5, 5.41) is 14.3. The molecule has 0 saturated heterocycles. The Morgan fingerprint density at radius 3 is 2.30 bits per heavy atom. The number of rotatable bonds is 13. The van der Waals surface area contributed by atoms with E-state index in [-0.39, 0.29) is 34.8 Å². The first-order chi connectivity index (χ1) is 20.6. The number of hydrogen-bond acceptors (Lipinski definition) is 7. The van der Waals surface area contributed by atoms with E-state index in [0.29, 0.717) is 17.7 Å². The Hall–Kier alpha value is -4.45. The van der Waals surface area contributed by atoms with Gasteiger partial charge in [-0.3, -0.25) is 24.0 Å². The molecule has 1 N–H and O–H groups in total. The molecule has 11 nitrogen and oxygen atoms in total. The van der Waals surface area contributed by atoms with Crippen molar-refractivity contribution in [3.63, 3.8) is 0 Å². The minimum absolute atomic E-state index is 0.0328. The number of non-ortho nitro benzene ring substituents is 1. The fourth-order valence-electron chi connectivity index (χ4n) is 5.24. The number of amides is 2. The molecular formula is C31H36N4O7S. The SMILES string of the molecule is CCC(C(=O)NC1CCCC1)N(Cc1cccc(OC)c1)C(=O)CN(c1ccc([N+](=O)[O-])cc1)S(=O)(=O)c1ccccc1. The van der Waals surface area contributed by atoms with Crippen LogP contribution in [0.25, 0.3) is 0 Å². The number of ether oxygens (including phenoxy) is 1. The van der Waals surface area contributed by atoms with Crippen molar-refractivity contribution >= 4 is 33.2 Å². The van der Waals surface area contributed by atoms with Crippen molar-refractivity contribution in [1.29, 1.82) is 0 Å². The van der Waals surface area contributed by atoms with Crippen LogP contribution in [0.15, 0.2) is 83.8 Å². The van der Waals surface area contributed by atoms with Crippen molar-refractivity contribution in [1.82, 2.24) is 10.2 Å². The second-order valence-electron chi connectivity index (χ2n) is 10.4. The van der Waals surface area contributed by atoms with Gasteiger partial charge < -0.3 is 15.0 Å². The van der Waals surface area contributed by atoms with E-state index in [1.54, 1.807) is 49.4 Å². The molecular weight excluding hydrogens is 572 g/mol. The predicted molar refractivity (Wildman–Crippen MR) is 162 cm³/mol. The third-order valence-corrected chi connectivity index (χ3v) is 9.32. The molecule has 1 aliphatic rings. The molecule has 1 aliphatic carbocycles. The van der Waals surface area contributed by atoms with Crippen LogP contribution >= 0.6 is 0 Å². The van der Waals surface area contributed by atoms with E-state index in [4.69, 9.17) is 4.74 Å². The van der Waals surface area contributed by atoms with E-state index in [2.05, 4.69) is 5.32 Å². The summed E-state index contributed by atoms with van der Waals surface area (Å²) < 4.78 is 34.0. The lowest BCUT2D eigenvalue weighted by atomic mass is 10.1. The van der Waals surface area contributed by atoms with Crippen molar-refractivity contribution in [2.75, 3.05) is 18.0 Å². The number of carbonyl (C=O) groups is 2. The first-order valence-electron chi connectivity index (χ1n) is 14.2. The van der Waals surface area contributed by atoms with Gasteiger partial charge in [-0.25, -0.2) is 8.42 Å². The highest BCUT2D eigenvalue weighted by molar-refractivity contribution is 7.92. The molecule has 1 atom stereocenters. The quantitative estimate of drug-likeness (QED) is 0.220. The van der Waals surface area contributed by atoms with Gasteiger partial charge in [0, 0.05) is 24.7 Å². The van der Waals surface area contributed by atoms with E-state index in [1.165, 1.54) is 48.4 Å². The van der Waals surface area contributed by atoms with Crippen LogP contribution in [0.3, 0.4) is 0 Å². The molecule has 43 heavy (non-hydrogen) atoms. The molecule has 0 heterocycles. The Kier molecular flexibility index (Phi) is 10.4. The van der Waals surface area contributed by atoms with Crippen molar-refractivity contribution in [3.8, 4) is 5.75 Å². The number of nitrogens with one attached hydrogen (secondary N) is 1. The van der Waals surface area contributed by atoms with Crippen LogP contribution in [0.4, 0.5) is 11.4 Å². The fraction of sp³-hybridized carbons (Fsp3) is 0.355. The smallest absolute Gasteiger partial charge is 0.269 e. The number of nitro groups is 1. The standard InChI is InChI=1S/C31H36N4O7S/c1-3-29(31(37)32-24-11-7-8-12-24)33(21-23-10-9-13-27(20-23)42-2)30(36)22-34(25-16-18-26(19-17-25)35(38)39)43(40,41)28-14-5-4-6-15-28/h4-6,9-10,13-20,24,29H,3,7-8,11-12,21-22H2,1-2H3,(H,32,37). The molecule has 4 rings (SSSR count). The molecule has 1 saturated carbocycles. The van der Waals surface area contributed by atoms with Crippen LogP contribution in [-0.4, -0.2) is 55.8 Å². The van der Waals surface area contributed by atoms with E-state index in [0.717, 1.165) is 30.0 Å². The lowest BCUT2D eigenvalue weighted by Crippen LogP contribution is -2.53. The Balaban J connectivity index is 1.72. The third-order valence-electron chi connectivity index (χ3n) is 7.53. The van der Waals surface area contributed by atoms with Gasteiger partial charge in [0.25, 0.3) is 15.7 Å². The molecule has 228 valence electrons. The zero-order valence-electron chi connectivity index (χ0n) is 24.2. The van der Waals surface area contributed by atoms with Gasteiger partial charge >= 0.3 is 0 Å². The normalized spacial score (nSPS) is 14.1. The van der Waals surface area contributed by atoms with Crippen molar-refractivity contribution in [2.24, 2.45) is 0 Å². The van der Waals surface area contributed by atoms with Crippen LogP contribution in [0.5, 0.6) is 5.75 Å². The third kappa shape index (κ3) is 7.69. The van der Waals surface area contributed by atoms with Crippen LogP contribution < -0.4 is 14.4 Å². The van der Waals surface area contributed by atoms with E-state index in [1.807, 2.05) is 0 Å². The van der Waals surface area contributed by atoms with Gasteiger partial charge in [0.15, 0.2) is 0 Å². The minimum atomic E-state index is -4.28. The van der Waals surface area contributed by atoms with Crippen LogP contribution in [0, 0.1) is 10.1 Å². The highest BCUT2D eigenvalue weighted by Gasteiger charge is 2.34. The molecule has 0 aliphatic heterocycles. The molecule has 2 amide bonds. The molecule has 1 unspecified atom stereocenters. The average molecular weight is 609 g/mol. The number of benzene rings is 3. The summed E-state index contributed by atoms with van der Waals surface area (Å²) in [5.74, 6) is -0.319. The number of nitrogens with zero attached hydrogens (tertiary/aromatic N) is 3. The van der Waals surface area contributed by atoms with Gasteiger partial charge in [0.1, 0.15) is 18.3 Å². The Morgan fingerprint density at radius 1 is 1.02 bits per heavy atom. The molecule has 12 heteroatoms. The van der Waals surface area contributed by atoms with Gasteiger partial charge in [-0.2, -0.15) is 0 Å². The summed E-state index contributed by atoms with van der Waals surface area (Å²) in [6, 6.07) is 18.9. The second kappa shape index (κ2) is 14.1. The molecule has 1 fully saturated rings. The van der Waals surface area contributed by atoms with E-state index < -0.39 is 33.4 Å². The maximum Gasteiger partial charge on any atom is 0.269 e. The minimum Gasteiger partial charge on any atom is -0.497 e. The number of methoxy groups -OCH3 is 1. The zero-order valence-corrected chi connectivity index (χ0v) is 25.0. The van der Waals surface area contributed by atoms with Gasteiger partial charge in [0.2, 0.25) is 11.8 Å². The summed E-state index contributed by atoms with van der Waals surface area (Å²) in [4.78, 5) is 39.7. The van der Waals surface area contributed by atoms with Gasteiger partial charge in [0.05, 0.1) is 22.6 Å². The monoisotopic (exact) mass is 608 g/mol. The Bertz CT molecular complexity index is 1530. The maximum atomic E-state index is 14.2. The Labute approximate surface area is 251 Å². The number of hydrogen-bond donors (Lipinski definition) is 1. The molecule has 0 spiro atoms. The topological polar surface area (TPSA) is 139 Å². The molecule has 3 aromatic carbocycles. The summed E-state index contributed by atoms with van der Waals surface area (Å²) in [5.41, 5.74) is 0.557. The summed E-state index contributed by atoms with van der Waals surface area (Å²) in [7, 11) is -2.75.